The molecule has 0 spiro atoms. The quantitative estimate of drug-likeness (QED) is 0.623. The second kappa shape index (κ2) is 9.87. The summed E-state index contributed by atoms with van der Waals surface area (Å²) in [6.45, 7) is 5.30. The van der Waals surface area contributed by atoms with Crippen LogP contribution in [0.25, 0.3) is 0 Å². The van der Waals surface area contributed by atoms with Gasteiger partial charge in [-0.1, -0.05) is 42.5 Å². The van der Waals surface area contributed by atoms with E-state index in [1.807, 2.05) is 6.07 Å². The van der Waals surface area contributed by atoms with Crippen LogP contribution >= 0.6 is 0 Å². The number of nitrogens with one attached hydrogen (secondary N) is 1. The Bertz CT molecular complexity index is 983. The van der Waals surface area contributed by atoms with Gasteiger partial charge in [0.1, 0.15) is 6.54 Å². The van der Waals surface area contributed by atoms with Crippen LogP contribution < -0.4 is 5.32 Å². The van der Waals surface area contributed by atoms with Gasteiger partial charge in [0.25, 0.3) is 11.8 Å². The maximum absolute atomic E-state index is 12.6. The van der Waals surface area contributed by atoms with E-state index in [0.717, 1.165) is 37.2 Å². The summed E-state index contributed by atoms with van der Waals surface area (Å²) in [5.74, 6) is -0.193. The first-order valence-electron chi connectivity index (χ1n) is 11.7. The van der Waals surface area contributed by atoms with Crippen LogP contribution in [0, 0.1) is 11.8 Å². The SMILES string of the molecule is CC1(C)C[C@H]([C@H](CCNC(=O)CN2C(=O)c3ccccc3C2=O)Cc2ccccc2)CCO1. The average molecular weight is 449 g/mol. The van der Waals surface area contributed by atoms with Crippen LogP contribution in [0.2, 0.25) is 0 Å². The Labute approximate surface area is 195 Å². The van der Waals surface area contributed by atoms with E-state index in [9.17, 15) is 14.4 Å². The third-order valence-corrected chi connectivity index (χ3v) is 6.76. The molecule has 2 heterocycles. The zero-order valence-corrected chi connectivity index (χ0v) is 19.4. The van der Waals surface area contributed by atoms with Crippen LogP contribution in [-0.4, -0.2) is 47.9 Å². The van der Waals surface area contributed by atoms with Crippen LogP contribution in [0.4, 0.5) is 0 Å². The Morgan fingerprint density at radius 1 is 1.06 bits per heavy atom. The minimum absolute atomic E-state index is 0.132. The molecule has 0 saturated carbocycles. The molecule has 2 atom stereocenters. The highest BCUT2D eigenvalue weighted by Gasteiger charge is 2.36. The lowest BCUT2D eigenvalue weighted by molar-refractivity contribution is -0.121. The van der Waals surface area contributed by atoms with Gasteiger partial charge in [-0.25, -0.2) is 0 Å². The number of carbonyl (C=O) groups is 3. The van der Waals surface area contributed by atoms with Crippen LogP contribution in [0.3, 0.4) is 0 Å². The van der Waals surface area contributed by atoms with Crippen LogP contribution in [0.1, 0.15) is 59.4 Å². The van der Waals surface area contributed by atoms with Gasteiger partial charge in [-0.05, 0) is 69.1 Å². The second-order valence-corrected chi connectivity index (χ2v) is 9.69. The summed E-state index contributed by atoms with van der Waals surface area (Å²) in [5, 5.41) is 2.94. The number of ether oxygens (including phenoxy) is 1. The van der Waals surface area contributed by atoms with E-state index in [4.69, 9.17) is 4.74 Å². The Morgan fingerprint density at radius 2 is 1.70 bits per heavy atom. The molecule has 2 aromatic carbocycles. The number of imide groups is 1. The minimum atomic E-state index is -0.405. The maximum Gasteiger partial charge on any atom is 0.262 e. The molecule has 1 saturated heterocycles. The van der Waals surface area contributed by atoms with Gasteiger partial charge in [-0.15, -0.1) is 0 Å². The van der Waals surface area contributed by atoms with Crippen LogP contribution in [0.15, 0.2) is 54.6 Å². The summed E-state index contributed by atoms with van der Waals surface area (Å²) in [6, 6.07) is 17.1. The Kier molecular flexibility index (Phi) is 6.94. The van der Waals surface area contributed by atoms with Crippen molar-refractivity contribution in [3.8, 4) is 0 Å². The summed E-state index contributed by atoms with van der Waals surface area (Å²) < 4.78 is 5.92. The van der Waals surface area contributed by atoms with E-state index in [-0.39, 0.29) is 18.1 Å². The molecule has 0 bridgehead atoms. The maximum atomic E-state index is 12.6. The molecule has 2 aliphatic heterocycles. The molecule has 0 unspecified atom stereocenters. The average Bonchev–Trinajstić information content (AvgIpc) is 3.03. The smallest absolute Gasteiger partial charge is 0.262 e. The van der Waals surface area contributed by atoms with Gasteiger partial charge in [0.05, 0.1) is 16.7 Å². The molecule has 1 fully saturated rings. The molecule has 4 rings (SSSR count). The molecule has 33 heavy (non-hydrogen) atoms. The second-order valence-electron chi connectivity index (χ2n) is 9.69. The summed E-state index contributed by atoms with van der Waals surface area (Å²) in [7, 11) is 0. The van der Waals surface area contributed by atoms with Gasteiger partial charge in [0, 0.05) is 13.2 Å². The summed E-state index contributed by atoms with van der Waals surface area (Å²) in [5.41, 5.74) is 1.89. The number of rotatable bonds is 8. The molecule has 3 amide bonds. The van der Waals surface area contributed by atoms with E-state index < -0.39 is 11.8 Å². The number of nitrogens with zero attached hydrogens (tertiary/aromatic N) is 1. The lowest BCUT2D eigenvalue weighted by atomic mass is 9.75. The normalized spacial score (nSPS) is 20.4. The van der Waals surface area contributed by atoms with Crippen molar-refractivity contribution in [3.05, 3.63) is 71.3 Å². The highest BCUT2D eigenvalue weighted by atomic mass is 16.5. The van der Waals surface area contributed by atoms with Crippen molar-refractivity contribution in [1.29, 1.82) is 0 Å². The lowest BCUT2D eigenvalue weighted by Gasteiger charge is -2.39. The lowest BCUT2D eigenvalue weighted by Crippen LogP contribution is -2.41. The fourth-order valence-corrected chi connectivity index (χ4v) is 5.08. The minimum Gasteiger partial charge on any atom is -0.376 e. The number of amides is 3. The molecule has 1 N–H and O–H groups in total. The molecule has 6 heteroatoms. The zero-order chi connectivity index (χ0) is 23.4. The molecule has 0 aromatic heterocycles. The van der Waals surface area contributed by atoms with Gasteiger partial charge >= 0.3 is 0 Å². The predicted molar refractivity (Wildman–Crippen MR) is 126 cm³/mol. The molecule has 2 aromatic rings. The number of carbonyl (C=O) groups excluding carboxylic acids is 3. The van der Waals surface area contributed by atoms with Crippen molar-refractivity contribution in [2.75, 3.05) is 19.7 Å². The third kappa shape index (κ3) is 5.50. The topological polar surface area (TPSA) is 75.7 Å². The van der Waals surface area contributed by atoms with E-state index >= 15 is 0 Å². The van der Waals surface area contributed by atoms with Gasteiger partial charge in [-0.3, -0.25) is 19.3 Å². The fourth-order valence-electron chi connectivity index (χ4n) is 5.08. The van der Waals surface area contributed by atoms with E-state index in [0.29, 0.717) is 29.5 Å². The Morgan fingerprint density at radius 3 is 2.33 bits per heavy atom. The number of hydrogen-bond acceptors (Lipinski definition) is 4. The van der Waals surface area contributed by atoms with Crippen LogP contribution in [-0.2, 0) is 16.0 Å². The fraction of sp³-hybridized carbons (Fsp3) is 0.444. The van der Waals surface area contributed by atoms with Gasteiger partial charge in [0.2, 0.25) is 5.91 Å². The largest absolute Gasteiger partial charge is 0.376 e. The molecular formula is C27H32N2O4. The van der Waals surface area contributed by atoms with Crippen molar-refractivity contribution >= 4 is 17.7 Å². The molecular weight excluding hydrogens is 416 g/mol. The van der Waals surface area contributed by atoms with Crippen molar-refractivity contribution in [3.63, 3.8) is 0 Å². The highest BCUT2D eigenvalue weighted by molar-refractivity contribution is 6.22. The monoisotopic (exact) mass is 448 g/mol. The molecule has 2 aliphatic rings. The summed E-state index contributed by atoms with van der Waals surface area (Å²) in [4.78, 5) is 38.6. The molecule has 0 radical (unpaired) electrons. The Hall–Kier alpha value is -2.99. The van der Waals surface area contributed by atoms with Gasteiger partial charge < -0.3 is 10.1 Å². The van der Waals surface area contributed by atoms with E-state index in [1.54, 1.807) is 24.3 Å². The highest BCUT2D eigenvalue weighted by Crippen LogP contribution is 2.36. The van der Waals surface area contributed by atoms with Crippen molar-refractivity contribution in [2.24, 2.45) is 11.8 Å². The van der Waals surface area contributed by atoms with Crippen molar-refractivity contribution in [2.45, 2.75) is 45.1 Å². The number of fused-ring (bicyclic) bond motifs is 1. The molecule has 174 valence electrons. The first-order valence-corrected chi connectivity index (χ1v) is 11.7. The van der Waals surface area contributed by atoms with Crippen LogP contribution in [0.5, 0.6) is 0 Å². The van der Waals surface area contributed by atoms with E-state index in [2.05, 4.69) is 43.4 Å². The van der Waals surface area contributed by atoms with Gasteiger partial charge in [-0.2, -0.15) is 0 Å². The van der Waals surface area contributed by atoms with Crippen molar-refractivity contribution in [1.82, 2.24) is 10.2 Å². The first-order chi connectivity index (χ1) is 15.8. The van der Waals surface area contributed by atoms with Gasteiger partial charge in [0.15, 0.2) is 0 Å². The van der Waals surface area contributed by atoms with E-state index in [1.165, 1.54) is 5.56 Å². The predicted octanol–water partition coefficient (Wildman–Crippen LogP) is 3.85. The molecule has 0 aliphatic carbocycles. The molecule has 6 nitrogen and oxygen atoms in total. The van der Waals surface area contributed by atoms with Crippen molar-refractivity contribution < 1.29 is 19.1 Å². The number of hydrogen-bond donors (Lipinski definition) is 1. The summed E-state index contributed by atoms with van der Waals surface area (Å²) in [6.07, 6.45) is 3.80. The third-order valence-electron chi connectivity index (χ3n) is 6.76. The standard InChI is InChI=1S/C27H32N2O4/c1-27(2)17-21(13-15-33-27)20(16-19-8-4-3-5-9-19)12-14-28-24(30)18-29-25(31)22-10-6-7-11-23(22)26(29)32/h3-11,20-21H,12-18H2,1-2H3,(H,28,30)/t20-,21-/m1/s1. The Balaban J connectivity index is 1.34. The zero-order valence-electron chi connectivity index (χ0n) is 19.4. The number of benzene rings is 2. The summed E-state index contributed by atoms with van der Waals surface area (Å²) >= 11 is 0. The first kappa shape index (κ1) is 23.2.